The molecule has 1 aromatic rings. The Bertz CT molecular complexity index is 474. The van der Waals surface area contributed by atoms with Crippen LogP contribution in [0.1, 0.15) is 12.8 Å². The fourth-order valence-electron chi connectivity index (χ4n) is 1.98. The Morgan fingerprint density at radius 2 is 2.31 bits per heavy atom. The highest BCUT2D eigenvalue weighted by molar-refractivity contribution is 6.30. The molecular formula is C10H14ClN3O2. The quantitative estimate of drug-likeness (QED) is 0.779. The van der Waals surface area contributed by atoms with Crippen LogP contribution in [0.5, 0.6) is 0 Å². The van der Waals surface area contributed by atoms with Crippen LogP contribution in [0.15, 0.2) is 15.8 Å². The molecule has 1 aliphatic heterocycles. The van der Waals surface area contributed by atoms with Crippen molar-refractivity contribution >= 4 is 11.6 Å². The van der Waals surface area contributed by atoms with E-state index in [1.54, 1.807) is 0 Å². The summed E-state index contributed by atoms with van der Waals surface area (Å²) in [6.07, 6.45) is 3.63. The molecular weight excluding hydrogens is 230 g/mol. The lowest BCUT2D eigenvalue weighted by molar-refractivity contribution is 0.332. The van der Waals surface area contributed by atoms with Gasteiger partial charge in [-0.25, -0.2) is 4.79 Å². The van der Waals surface area contributed by atoms with Crippen molar-refractivity contribution in [3.63, 3.8) is 0 Å². The lowest BCUT2D eigenvalue weighted by atomic mass is 10.00. The summed E-state index contributed by atoms with van der Waals surface area (Å²) in [5.41, 5.74) is -0.912. The molecule has 6 heteroatoms. The van der Waals surface area contributed by atoms with Crippen molar-refractivity contribution in [3.05, 3.63) is 32.1 Å². The third-order valence-electron chi connectivity index (χ3n) is 2.82. The highest BCUT2D eigenvalue weighted by Crippen LogP contribution is 2.11. The van der Waals surface area contributed by atoms with E-state index in [-0.39, 0.29) is 10.7 Å². The standard InChI is InChI=1S/C10H14ClN3O2/c11-8-6-14(10(16)13-9(8)15)5-7-2-1-3-12-4-7/h6-7,12H,1-5H2,(H,13,15,16). The molecule has 1 saturated heterocycles. The highest BCUT2D eigenvalue weighted by atomic mass is 35.5. The molecule has 0 aliphatic carbocycles. The molecule has 0 radical (unpaired) electrons. The monoisotopic (exact) mass is 243 g/mol. The number of aromatic amines is 1. The van der Waals surface area contributed by atoms with Gasteiger partial charge >= 0.3 is 5.69 Å². The fourth-order valence-corrected chi connectivity index (χ4v) is 2.14. The molecule has 1 aromatic heterocycles. The molecule has 16 heavy (non-hydrogen) atoms. The van der Waals surface area contributed by atoms with Crippen LogP contribution in [0.25, 0.3) is 0 Å². The Balaban J connectivity index is 2.17. The zero-order valence-electron chi connectivity index (χ0n) is 8.83. The summed E-state index contributed by atoms with van der Waals surface area (Å²) in [6, 6.07) is 0. The van der Waals surface area contributed by atoms with Crippen molar-refractivity contribution < 1.29 is 0 Å². The second-order valence-corrected chi connectivity index (χ2v) is 4.51. The number of hydrogen-bond donors (Lipinski definition) is 2. The largest absolute Gasteiger partial charge is 0.328 e. The Kier molecular flexibility index (Phi) is 3.46. The number of aromatic nitrogens is 2. The number of nitrogens with one attached hydrogen (secondary N) is 2. The van der Waals surface area contributed by atoms with E-state index in [1.807, 2.05) is 0 Å². The van der Waals surface area contributed by atoms with Crippen molar-refractivity contribution in [2.24, 2.45) is 5.92 Å². The first-order valence-electron chi connectivity index (χ1n) is 5.37. The van der Waals surface area contributed by atoms with E-state index >= 15 is 0 Å². The summed E-state index contributed by atoms with van der Waals surface area (Å²) in [5, 5.41) is 3.34. The fraction of sp³-hybridized carbons (Fsp3) is 0.600. The SMILES string of the molecule is O=c1[nH]c(=O)n(CC2CCCNC2)cc1Cl. The average Bonchev–Trinajstić information content (AvgIpc) is 2.27. The summed E-state index contributed by atoms with van der Waals surface area (Å²) in [7, 11) is 0. The van der Waals surface area contributed by atoms with Crippen molar-refractivity contribution in [1.82, 2.24) is 14.9 Å². The molecule has 2 N–H and O–H groups in total. The maximum atomic E-state index is 11.5. The summed E-state index contributed by atoms with van der Waals surface area (Å²) in [4.78, 5) is 24.8. The van der Waals surface area contributed by atoms with Crippen molar-refractivity contribution in [3.8, 4) is 0 Å². The third-order valence-corrected chi connectivity index (χ3v) is 3.09. The van der Waals surface area contributed by atoms with Crippen LogP contribution in [-0.2, 0) is 6.54 Å². The maximum Gasteiger partial charge on any atom is 0.328 e. The maximum absolute atomic E-state index is 11.5. The van der Waals surface area contributed by atoms with E-state index in [1.165, 1.54) is 10.8 Å². The number of rotatable bonds is 2. The molecule has 2 heterocycles. The van der Waals surface area contributed by atoms with Gasteiger partial charge in [-0.05, 0) is 31.8 Å². The second-order valence-electron chi connectivity index (χ2n) is 4.10. The molecule has 0 bridgehead atoms. The predicted octanol–water partition coefficient (Wildman–Crippen LogP) is 0.190. The Morgan fingerprint density at radius 3 is 3.00 bits per heavy atom. The molecule has 1 atom stereocenters. The van der Waals surface area contributed by atoms with Crippen LogP contribution >= 0.6 is 11.6 Å². The van der Waals surface area contributed by atoms with E-state index in [9.17, 15) is 9.59 Å². The van der Waals surface area contributed by atoms with E-state index in [4.69, 9.17) is 11.6 Å². The van der Waals surface area contributed by atoms with Crippen LogP contribution in [0.3, 0.4) is 0 Å². The lowest BCUT2D eigenvalue weighted by Gasteiger charge is -2.23. The molecule has 0 aromatic carbocycles. The van der Waals surface area contributed by atoms with Gasteiger partial charge in [0.2, 0.25) is 0 Å². The van der Waals surface area contributed by atoms with Crippen molar-refractivity contribution in [2.45, 2.75) is 19.4 Å². The smallest absolute Gasteiger partial charge is 0.316 e. The molecule has 5 nitrogen and oxygen atoms in total. The predicted molar refractivity (Wildman–Crippen MR) is 61.9 cm³/mol. The van der Waals surface area contributed by atoms with E-state index < -0.39 is 5.56 Å². The molecule has 88 valence electrons. The summed E-state index contributed by atoms with van der Waals surface area (Å²) in [5.74, 6) is 0.424. The van der Waals surface area contributed by atoms with Gasteiger partial charge in [0.25, 0.3) is 5.56 Å². The van der Waals surface area contributed by atoms with Crippen LogP contribution in [0.4, 0.5) is 0 Å². The van der Waals surface area contributed by atoms with Gasteiger partial charge in [0.05, 0.1) is 0 Å². The lowest BCUT2D eigenvalue weighted by Crippen LogP contribution is -2.37. The first-order valence-corrected chi connectivity index (χ1v) is 5.74. The molecule has 1 aliphatic rings. The first kappa shape index (κ1) is 11.4. The number of nitrogens with zero attached hydrogens (tertiary/aromatic N) is 1. The Labute approximate surface area is 97.4 Å². The van der Waals surface area contributed by atoms with E-state index in [0.29, 0.717) is 12.5 Å². The van der Waals surface area contributed by atoms with Gasteiger partial charge in [-0.3, -0.25) is 14.3 Å². The first-order chi connectivity index (χ1) is 7.66. The average molecular weight is 244 g/mol. The number of hydrogen-bond acceptors (Lipinski definition) is 3. The third kappa shape index (κ3) is 2.54. The minimum absolute atomic E-state index is 0.0587. The second kappa shape index (κ2) is 4.84. The molecule has 1 unspecified atom stereocenters. The highest BCUT2D eigenvalue weighted by Gasteiger charge is 2.14. The van der Waals surface area contributed by atoms with Crippen LogP contribution < -0.4 is 16.6 Å². The van der Waals surface area contributed by atoms with E-state index in [2.05, 4.69) is 10.3 Å². The van der Waals surface area contributed by atoms with Crippen molar-refractivity contribution in [1.29, 1.82) is 0 Å². The normalized spacial score (nSPS) is 20.9. The molecule has 0 saturated carbocycles. The van der Waals surface area contributed by atoms with Gasteiger partial charge in [0.1, 0.15) is 5.02 Å². The summed E-state index contributed by atoms with van der Waals surface area (Å²) in [6.45, 7) is 2.54. The molecule has 0 spiro atoms. The van der Waals surface area contributed by atoms with Gasteiger partial charge in [-0.2, -0.15) is 0 Å². The Hall–Kier alpha value is -1.07. The van der Waals surface area contributed by atoms with Gasteiger partial charge in [-0.15, -0.1) is 0 Å². The topological polar surface area (TPSA) is 66.9 Å². The number of H-pyrrole nitrogens is 1. The minimum Gasteiger partial charge on any atom is -0.316 e. The van der Waals surface area contributed by atoms with Crippen LogP contribution in [0.2, 0.25) is 5.02 Å². The molecule has 1 fully saturated rings. The zero-order chi connectivity index (χ0) is 11.5. The Morgan fingerprint density at radius 1 is 1.50 bits per heavy atom. The number of piperidine rings is 1. The van der Waals surface area contributed by atoms with E-state index in [0.717, 1.165) is 25.9 Å². The van der Waals surface area contributed by atoms with Crippen LogP contribution in [0, 0.1) is 5.92 Å². The molecule has 0 amide bonds. The van der Waals surface area contributed by atoms with Gasteiger partial charge in [0.15, 0.2) is 0 Å². The van der Waals surface area contributed by atoms with Gasteiger partial charge in [0, 0.05) is 12.7 Å². The van der Waals surface area contributed by atoms with Gasteiger partial charge < -0.3 is 5.32 Å². The summed E-state index contributed by atoms with van der Waals surface area (Å²) < 4.78 is 1.47. The van der Waals surface area contributed by atoms with Gasteiger partial charge in [-0.1, -0.05) is 11.6 Å². The minimum atomic E-state index is -0.523. The van der Waals surface area contributed by atoms with Crippen LogP contribution in [-0.4, -0.2) is 22.6 Å². The zero-order valence-corrected chi connectivity index (χ0v) is 9.59. The molecule has 2 rings (SSSR count). The number of halogens is 1. The summed E-state index contributed by atoms with van der Waals surface area (Å²) >= 11 is 5.68. The van der Waals surface area contributed by atoms with Crippen molar-refractivity contribution in [2.75, 3.05) is 13.1 Å².